The highest BCUT2D eigenvalue weighted by atomic mass is 32.1. The quantitative estimate of drug-likeness (QED) is 0.812. The summed E-state index contributed by atoms with van der Waals surface area (Å²) in [6.45, 7) is 3.74. The zero-order valence-electron chi connectivity index (χ0n) is 9.57. The van der Waals surface area contributed by atoms with Gasteiger partial charge in [0.15, 0.2) is 0 Å². The first kappa shape index (κ1) is 13.5. The van der Waals surface area contributed by atoms with Crippen LogP contribution >= 0.6 is 12.6 Å². The van der Waals surface area contributed by atoms with Crippen LogP contribution in [0.1, 0.15) is 19.4 Å². The predicted octanol–water partition coefficient (Wildman–Crippen LogP) is 2.59. The van der Waals surface area contributed by atoms with Crippen LogP contribution in [0.3, 0.4) is 0 Å². The van der Waals surface area contributed by atoms with Gasteiger partial charge in [0.05, 0.1) is 16.5 Å². The smallest absolute Gasteiger partial charge is 0.237 e. The fourth-order valence-corrected chi connectivity index (χ4v) is 1.29. The van der Waals surface area contributed by atoms with Gasteiger partial charge in [-0.05, 0) is 24.1 Å². The summed E-state index contributed by atoms with van der Waals surface area (Å²) in [6, 6.07) is 5.47. The van der Waals surface area contributed by atoms with Crippen molar-refractivity contribution in [2.24, 2.45) is 5.92 Å². The van der Waals surface area contributed by atoms with Gasteiger partial charge in [0.1, 0.15) is 11.9 Å². The molecule has 1 N–H and O–H groups in total. The zero-order valence-corrected chi connectivity index (χ0v) is 10.5. The maximum absolute atomic E-state index is 12.9. The van der Waals surface area contributed by atoms with Gasteiger partial charge >= 0.3 is 0 Å². The molecule has 0 fully saturated rings. The Hall–Kier alpha value is -1.54. The number of hydrogen-bond donors (Lipinski definition) is 2. The zero-order chi connectivity index (χ0) is 13.0. The number of thiol groups is 1. The van der Waals surface area contributed by atoms with Gasteiger partial charge in [-0.3, -0.25) is 4.79 Å². The van der Waals surface area contributed by atoms with Crippen molar-refractivity contribution < 1.29 is 9.18 Å². The van der Waals surface area contributed by atoms with Crippen LogP contribution in [0.25, 0.3) is 0 Å². The molecule has 17 heavy (non-hydrogen) atoms. The topological polar surface area (TPSA) is 52.9 Å². The molecule has 1 aromatic rings. The fraction of sp³-hybridized carbons (Fsp3) is 0.333. The average Bonchev–Trinajstić information content (AvgIpc) is 2.30. The molecule has 0 aliphatic heterocycles. The molecule has 0 saturated carbocycles. The van der Waals surface area contributed by atoms with Gasteiger partial charge in [-0.2, -0.15) is 17.9 Å². The number of halogens is 1. The highest BCUT2D eigenvalue weighted by molar-refractivity contribution is 7.81. The molecule has 5 heteroatoms. The molecule has 0 saturated heterocycles. The first-order chi connectivity index (χ1) is 7.95. The number of benzene rings is 1. The standard InChI is InChI=1S/C12H13FN2OS/c1-7(2)11(17)12(16)15-10-4-3-9(13)5-8(10)6-14/h3-5,7,11,17H,1-2H3,(H,15,16). The second-order valence-corrected chi connectivity index (χ2v) is 4.54. The lowest BCUT2D eigenvalue weighted by molar-refractivity contribution is -0.116. The number of nitriles is 1. The van der Waals surface area contributed by atoms with E-state index in [0.29, 0.717) is 5.69 Å². The second kappa shape index (κ2) is 5.69. The van der Waals surface area contributed by atoms with Crippen LogP contribution in [0.2, 0.25) is 0 Å². The number of rotatable bonds is 3. The first-order valence-corrected chi connectivity index (χ1v) is 5.66. The van der Waals surface area contributed by atoms with E-state index < -0.39 is 11.1 Å². The molecule has 1 atom stereocenters. The summed E-state index contributed by atoms with van der Waals surface area (Å²) in [6.07, 6.45) is 0. The van der Waals surface area contributed by atoms with E-state index in [9.17, 15) is 9.18 Å². The molecule has 1 aromatic carbocycles. The molecule has 0 aromatic heterocycles. The van der Waals surface area contributed by atoms with E-state index in [0.717, 1.165) is 6.07 Å². The lowest BCUT2D eigenvalue weighted by Crippen LogP contribution is -2.27. The summed E-state index contributed by atoms with van der Waals surface area (Å²) < 4.78 is 12.9. The molecule has 0 aliphatic carbocycles. The second-order valence-electron chi connectivity index (χ2n) is 3.98. The van der Waals surface area contributed by atoms with E-state index in [1.165, 1.54) is 12.1 Å². The van der Waals surface area contributed by atoms with Gasteiger partial charge in [0.2, 0.25) is 5.91 Å². The summed E-state index contributed by atoms with van der Waals surface area (Å²) in [5.74, 6) is -0.735. The van der Waals surface area contributed by atoms with Crippen molar-refractivity contribution in [3.63, 3.8) is 0 Å². The predicted molar refractivity (Wildman–Crippen MR) is 67.4 cm³/mol. The molecule has 0 bridgehead atoms. The third-order valence-corrected chi connectivity index (χ3v) is 3.09. The summed E-state index contributed by atoms with van der Waals surface area (Å²) in [5.41, 5.74) is 0.404. The lowest BCUT2D eigenvalue weighted by atomic mass is 10.1. The SMILES string of the molecule is CC(C)C(S)C(=O)Nc1ccc(F)cc1C#N. The number of hydrogen-bond acceptors (Lipinski definition) is 3. The monoisotopic (exact) mass is 252 g/mol. The van der Waals surface area contributed by atoms with Gasteiger partial charge in [0.25, 0.3) is 0 Å². The molecule has 90 valence electrons. The van der Waals surface area contributed by atoms with Crippen LogP contribution in [0, 0.1) is 23.1 Å². The van der Waals surface area contributed by atoms with Gasteiger partial charge in [-0.25, -0.2) is 4.39 Å². The first-order valence-electron chi connectivity index (χ1n) is 5.14. The minimum atomic E-state index is -0.508. The van der Waals surface area contributed by atoms with Crippen molar-refractivity contribution in [2.45, 2.75) is 19.1 Å². The molecular weight excluding hydrogens is 239 g/mol. The Morgan fingerprint density at radius 2 is 2.18 bits per heavy atom. The van der Waals surface area contributed by atoms with E-state index in [2.05, 4.69) is 17.9 Å². The number of nitrogens with one attached hydrogen (secondary N) is 1. The summed E-state index contributed by atoms with van der Waals surface area (Å²) >= 11 is 4.16. The van der Waals surface area contributed by atoms with E-state index in [-0.39, 0.29) is 17.4 Å². The van der Waals surface area contributed by atoms with Gasteiger partial charge < -0.3 is 5.32 Å². The highest BCUT2D eigenvalue weighted by Gasteiger charge is 2.18. The Morgan fingerprint density at radius 3 is 2.71 bits per heavy atom. The highest BCUT2D eigenvalue weighted by Crippen LogP contribution is 2.18. The Kier molecular flexibility index (Phi) is 4.53. The third-order valence-electron chi connectivity index (χ3n) is 2.26. The summed E-state index contributed by atoms with van der Waals surface area (Å²) in [7, 11) is 0. The molecular formula is C12H13FN2OS. The Bertz CT molecular complexity index is 468. The van der Waals surface area contributed by atoms with E-state index in [1.807, 2.05) is 19.9 Å². The Morgan fingerprint density at radius 1 is 1.53 bits per heavy atom. The molecule has 0 heterocycles. The van der Waals surface area contributed by atoms with Gasteiger partial charge in [-0.1, -0.05) is 13.8 Å². The number of anilines is 1. The van der Waals surface area contributed by atoms with Crippen LogP contribution in [-0.2, 0) is 4.79 Å². The maximum Gasteiger partial charge on any atom is 0.237 e. The number of carbonyl (C=O) groups excluding carboxylic acids is 1. The van der Waals surface area contributed by atoms with E-state index >= 15 is 0 Å². The van der Waals surface area contributed by atoms with Crippen molar-refractivity contribution in [1.29, 1.82) is 5.26 Å². The molecule has 1 unspecified atom stereocenters. The third kappa shape index (κ3) is 3.46. The van der Waals surface area contributed by atoms with Crippen LogP contribution in [0.5, 0.6) is 0 Å². The Labute approximate surface area is 105 Å². The summed E-state index contributed by atoms with van der Waals surface area (Å²) in [4.78, 5) is 11.7. The van der Waals surface area contributed by atoms with Gasteiger partial charge in [-0.15, -0.1) is 0 Å². The van der Waals surface area contributed by atoms with Crippen LogP contribution in [0.4, 0.5) is 10.1 Å². The molecule has 0 radical (unpaired) electrons. The molecule has 1 amide bonds. The molecule has 0 spiro atoms. The fourth-order valence-electron chi connectivity index (χ4n) is 1.23. The minimum Gasteiger partial charge on any atom is -0.324 e. The van der Waals surface area contributed by atoms with Crippen molar-refractivity contribution >= 4 is 24.2 Å². The van der Waals surface area contributed by atoms with Crippen LogP contribution in [-0.4, -0.2) is 11.2 Å². The van der Waals surface area contributed by atoms with E-state index in [1.54, 1.807) is 0 Å². The van der Waals surface area contributed by atoms with Crippen LogP contribution < -0.4 is 5.32 Å². The normalized spacial score (nSPS) is 12.0. The van der Waals surface area contributed by atoms with Crippen molar-refractivity contribution in [2.75, 3.05) is 5.32 Å². The molecule has 1 rings (SSSR count). The minimum absolute atomic E-state index is 0.0734. The summed E-state index contributed by atoms with van der Waals surface area (Å²) in [5, 5.41) is 10.9. The molecule has 0 aliphatic rings. The van der Waals surface area contributed by atoms with Crippen molar-refractivity contribution in [1.82, 2.24) is 0 Å². The van der Waals surface area contributed by atoms with Crippen LogP contribution in [0.15, 0.2) is 18.2 Å². The molecule has 3 nitrogen and oxygen atoms in total. The number of nitrogens with zero attached hydrogens (tertiary/aromatic N) is 1. The largest absolute Gasteiger partial charge is 0.324 e. The van der Waals surface area contributed by atoms with Gasteiger partial charge in [0, 0.05) is 0 Å². The van der Waals surface area contributed by atoms with E-state index in [4.69, 9.17) is 5.26 Å². The maximum atomic E-state index is 12.9. The Balaban J connectivity index is 2.89. The number of amides is 1. The van der Waals surface area contributed by atoms with Crippen molar-refractivity contribution in [3.8, 4) is 6.07 Å². The van der Waals surface area contributed by atoms with Crippen molar-refractivity contribution in [3.05, 3.63) is 29.6 Å². The lowest BCUT2D eigenvalue weighted by Gasteiger charge is -2.15. The number of carbonyl (C=O) groups is 1. The average molecular weight is 252 g/mol.